The molecule has 1 unspecified atom stereocenters. The summed E-state index contributed by atoms with van der Waals surface area (Å²) in [4.78, 5) is 37.8. The SMILES string of the molecule is CCCCC/C=C\C/C=C\CCCCCCCCCC(=O)OC(COC(=O)CCCCCCCCC)COC(=O)CCCCCCCCCCCCCCCCCCCC. The van der Waals surface area contributed by atoms with Gasteiger partial charge in [-0.3, -0.25) is 14.4 Å². The van der Waals surface area contributed by atoms with Crippen LogP contribution in [0, 0.1) is 0 Å². The summed E-state index contributed by atoms with van der Waals surface area (Å²) in [7, 11) is 0. The fourth-order valence-electron chi connectivity index (χ4n) is 7.71. The van der Waals surface area contributed by atoms with Gasteiger partial charge in [0.1, 0.15) is 13.2 Å². The van der Waals surface area contributed by atoms with Crippen LogP contribution < -0.4 is 0 Å². The maximum Gasteiger partial charge on any atom is 0.306 e. The Balaban J connectivity index is 4.21. The summed E-state index contributed by atoms with van der Waals surface area (Å²) in [5.41, 5.74) is 0. The Morgan fingerprint density at radius 2 is 0.600 bits per heavy atom. The second-order valence-electron chi connectivity index (χ2n) is 17.8. The normalized spacial score (nSPS) is 12.1. The maximum absolute atomic E-state index is 12.8. The van der Waals surface area contributed by atoms with Crippen LogP contribution in [-0.4, -0.2) is 37.2 Å². The van der Waals surface area contributed by atoms with E-state index < -0.39 is 6.10 Å². The molecule has 0 saturated carbocycles. The molecular formula is C54H100O6. The largest absolute Gasteiger partial charge is 0.462 e. The van der Waals surface area contributed by atoms with Crippen molar-refractivity contribution in [3.8, 4) is 0 Å². The molecule has 1 atom stereocenters. The number of allylic oxidation sites excluding steroid dienone is 4. The Labute approximate surface area is 373 Å². The highest BCUT2D eigenvalue weighted by Gasteiger charge is 2.19. The highest BCUT2D eigenvalue weighted by atomic mass is 16.6. The molecule has 352 valence electrons. The lowest BCUT2D eigenvalue weighted by Gasteiger charge is -2.18. The van der Waals surface area contributed by atoms with Crippen LogP contribution in [0.15, 0.2) is 24.3 Å². The minimum Gasteiger partial charge on any atom is -0.462 e. The zero-order valence-corrected chi connectivity index (χ0v) is 40.2. The van der Waals surface area contributed by atoms with Crippen LogP contribution in [-0.2, 0) is 28.6 Å². The molecule has 0 bridgehead atoms. The van der Waals surface area contributed by atoms with E-state index in [1.807, 2.05) is 0 Å². The van der Waals surface area contributed by atoms with Gasteiger partial charge in [-0.2, -0.15) is 0 Å². The Hall–Kier alpha value is -2.11. The van der Waals surface area contributed by atoms with Crippen LogP contribution in [0.2, 0.25) is 0 Å². The molecule has 0 spiro atoms. The van der Waals surface area contributed by atoms with Crippen molar-refractivity contribution in [2.75, 3.05) is 13.2 Å². The Bertz CT molecular complexity index is 973. The monoisotopic (exact) mass is 845 g/mol. The smallest absolute Gasteiger partial charge is 0.306 e. The van der Waals surface area contributed by atoms with Gasteiger partial charge in [0.05, 0.1) is 0 Å². The van der Waals surface area contributed by atoms with E-state index in [1.165, 1.54) is 173 Å². The number of rotatable bonds is 48. The summed E-state index contributed by atoms with van der Waals surface area (Å²) in [5, 5.41) is 0. The van der Waals surface area contributed by atoms with Crippen LogP contribution in [0.25, 0.3) is 0 Å². The fourth-order valence-corrected chi connectivity index (χ4v) is 7.71. The van der Waals surface area contributed by atoms with Crippen LogP contribution in [0.5, 0.6) is 0 Å². The van der Waals surface area contributed by atoms with Crippen molar-refractivity contribution in [1.82, 2.24) is 0 Å². The quantitative estimate of drug-likeness (QED) is 0.0263. The molecule has 6 heteroatoms. The van der Waals surface area contributed by atoms with Gasteiger partial charge in [-0.25, -0.2) is 0 Å². The van der Waals surface area contributed by atoms with Crippen molar-refractivity contribution in [3.63, 3.8) is 0 Å². The summed E-state index contributed by atoms with van der Waals surface area (Å²) in [6, 6.07) is 0. The summed E-state index contributed by atoms with van der Waals surface area (Å²) < 4.78 is 16.7. The van der Waals surface area contributed by atoms with Crippen molar-refractivity contribution >= 4 is 17.9 Å². The third kappa shape index (κ3) is 46.9. The predicted octanol–water partition coefficient (Wildman–Crippen LogP) is 17.2. The minimum atomic E-state index is -0.768. The lowest BCUT2D eigenvalue weighted by atomic mass is 10.0. The topological polar surface area (TPSA) is 78.9 Å². The second-order valence-corrected chi connectivity index (χ2v) is 17.8. The number of hydrogen-bond acceptors (Lipinski definition) is 6. The van der Waals surface area contributed by atoms with E-state index in [-0.39, 0.29) is 31.1 Å². The molecule has 0 aliphatic carbocycles. The average molecular weight is 845 g/mol. The van der Waals surface area contributed by atoms with E-state index in [9.17, 15) is 14.4 Å². The summed E-state index contributed by atoms with van der Waals surface area (Å²) in [6.07, 6.45) is 56.1. The Morgan fingerprint density at radius 1 is 0.333 bits per heavy atom. The highest BCUT2D eigenvalue weighted by Crippen LogP contribution is 2.16. The molecule has 0 aromatic carbocycles. The molecule has 0 rings (SSSR count). The standard InChI is InChI=1S/C54H100O6/c1-4-7-10-13-16-18-20-22-24-26-28-29-31-33-35-38-41-44-47-53(56)59-50-51(49-58-52(55)46-43-40-37-15-12-9-6-3)60-54(57)48-45-42-39-36-34-32-30-27-25-23-21-19-17-14-11-8-5-2/h17,19,23,25,51H,4-16,18,20-22,24,26-50H2,1-3H3/b19-17-,25-23-. The van der Waals surface area contributed by atoms with E-state index in [2.05, 4.69) is 45.1 Å². The van der Waals surface area contributed by atoms with Gasteiger partial charge in [0.15, 0.2) is 6.10 Å². The van der Waals surface area contributed by atoms with Crippen LogP contribution >= 0.6 is 0 Å². The van der Waals surface area contributed by atoms with Crippen molar-refractivity contribution in [3.05, 3.63) is 24.3 Å². The van der Waals surface area contributed by atoms with Crippen molar-refractivity contribution in [1.29, 1.82) is 0 Å². The summed E-state index contributed by atoms with van der Waals surface area (Å²) in [6.45, 7) is 6.60. The molecule has 0 N–H and O–H groups in total. The zero-order chi connectivity index (χ0) is 43.7. The summed E-state index contributed by atoms with van der Waals surface area (Å²) >= 11 is 0. The highest BCUT2D eigenvalue weighted by molar-refractivity contribution is 5.71. The molecule has 0 aromatic heterocycles. The molecule has 60 heavy (non-hydrogen) atoms. The van der Waals surface area contributed by atoms with E-state index in [0.717, 1.165) is 70.6 Å². The minimum absolute atomic E-state index is 0.0702. The van der Waals surface area contributed by atoms with Gasteiger partial charge in [-0.05, 0) is 51.4 Å². The fraction of sp³-hybridized carbons (Fsp3) is 0.870. The number of esters is 3. The first-order valence-electron chi connectivity index (χ1n) is 26.3. The maximum atomic E-state index is 12.8. The van der Waals surface area contributed by atoms with Crippen molar-refractivity contribution < 1.29 is 28.6 Å². The van der Waals surface area contributed by atoms with Gasteiger partial charge >= 0.3 is 17.9 Å². The van der Waals surface area contributed by atoms with Gasteiger partial charge in [0, 0.05) is 19.3 Å². The first-order chi connectivity index (χ1) is 29.5. The Kier molecular flexibility index (Phi) is 47.8. The van der Waals surface area contributed by atoms with E-state index in [1.54, 1.807) is 0 Å². The predicted molar refractivity (Wildman–Crippen MR) is 256 cm³/mol. The van der Waals surface area contributed by atoms with Gasteiger partial charge in [-0.15, -0.1) is 0 Å². The third-order valence-corrected chi connectivity index (χ3v) is 11.7. The molecule has 0 aliphatic heterocycles. The van der Waals surface area contributed by atoms with Crippen LogP contribution in [0.4, 0.5) is 0 Å². The summed E-state index contributed by atoms with van der Waals surface area (Å²) in [5.74, 6) is -0.871. The first-order valence-corrected chi connectivity index (χ1v) is 26.3. The van der Waals surface area contributed by atoms with Gasteiger partial charge in [0.25, 0.3) is 0 Å². The molecule has 6 nitrogen and oxygen atoms in total. The lowest BCUT2D eigenvalue weighted by Crippen LogP contribution is -2.30. The number of ether oxygens (including phenoxy) is 3. The Morgan fingerprint density at radius 3 is 0.950 bits per heavy atom. The van der Waals surface area contributed by atoms with Gasteiger partial charge in [-0.1, -0.05) is 238 Å². The molecule has 0 saturated heterocycles. The second kappa shape index (κ2) is 49.5. The zero-order valence-electron chi connectivity index (χ0n) is 40.2. The van der Waals surface area contributed by atoms with Crippen molar-refractivity contribution in [2.45, 2.75) is 290 Å². The van der Waals surface area contributed by atoms with Crippen LogP contribution in [0.3, 0.4) is 0 Å². The molecule has 0 aliphatic rings. The van der Waals surface area contributed by atoms with Crippen molar-refractivity contribution in [2.24, 2.45) is 0 Å². The van der Waals surface area contributed by atoms with Gasteiger partial charge in [0.2, 0.25) is 0 Å². The van der Waals surface area contributed by atoms with E-state index in [0.29, 0.717) is 19.3 Å². The molecule has 0 amide bonds. The average Bonchev–Trinajstić information content (AvgIpc) is 3.24. The lowest BCUT2D eigenvalue weighted by molar-refractivity contribution is -0.167. The molecular weight excluding hydrogens is 745 g/mol. The van der Waals surface area contributed by atoms with E-state index in [4.69, 9.17) is 14.2 Å². The molecule has 0 aromatic rings. The number of hydrogen-bond donors (Lipinski definition) is 0. The molecule has 0 fully saturated rings. The molecule has 0 heterocycles. The number of unbranched alkanes of at least 4 members (excludes halogenated alkanes) is 33. The van der Waals surface area contributed by atoms with E-state index >= 15 is 0 Å². The molecule has 0 radical (unpaired) electrons. The third-order valence-electron chi connectivity index (χ3n) is 11.7. The first kappa shape index (κ1) is 57.9. The van der Waals surface area contributed by atoms with Gasteiger partial charge < -0.3 is 14.2 Å². The van der Waals surface area contributed by atoms with Crippen LogP contribution in [0.1, 0.15) is 284 Å². The number of carbonyl (C=O) groups excluding carboxylic acids is 3. The number of carbonyl (C=O) groups is 3.